The highest BCUT2D eigenvalue weighted by Gasteiger charge is 2.16. The molecule has 0 unspecified atom stereocenters. The molecule has 2 rings (SSSR count). The number of hydrazine groups is 1. The second-order valence-electron chi connectivity index (χ2n) is 5.26. The summed E-state index contributed by atoms with van der Waals surface area (Å²) in [6.07, 6.45) is 11.5. The van der Waals surface area contributed by atoms with Crippen molar-refractivity contribution in [1.29, 1.82) is 0 Å². The molecule has 1 heterocycles. The van der Waals surface area contributed by atoms with E-state index in [1.807, 2.05) is 0 Å². The number of aromatic nitrogens is 1. The first-order valence-electron chi connectivity index (χ1n) is 7.23. The van der Waals surface area contributed by atoms with Crippen molar-refractivity contribution in [2.75, 3.05) is 5.01 Å². The average molecular weight is 275 g/mol. The molecule has 0 aliphatic heterocycles. The first-order valence-corrected chi connectivity index (χ1v) is 7.23. The summed E-state index contributed by atoms with van der Waals surface area (Å²) in [5.74, 6) is 0.545. The quantitative estimate of drug-likeness (QED) is 0.640. The number of hydrogen-bond donors (Lipinski definition) is 1. The molecular formula is C15H21N3O2. The lowest BCUT2D eigenvalue weighted by atomic mass is 9.86. The first-order chi connectivity index (χ1) is 9.79. The zero-order valence-electron chi connectivity index (χ0n) is 11.6. The number of hydrogen-bond acceptors (Lipinski definition) is 3. The Morgan fingerprint density at radius 1 is 1.40 bits per heavy atom. The molecule has 1 N–H and O–H groups in total. The van der Waals surface area contributed by atoms with Gasteiger partial charge < -0.3 is 0 Å². The highest BCUT2D eigenvalue weighted by atomic mass is 16.2. The Labute approximate surface area is 119 Å². The van der Waals surface area contributed by atoms with Gasteiger partial charge in [-0.1, -0.05) is 32.1 Å². The van der Waals surface area contributed by atoms with Gasteiger partial charge in [-0.2, -0.15) is 0 Å². The number of pyridine rings is 1. The third-order valence-corrected chi connectivity index (χ3v) is 3.78. The summed E-state index contributed by atoms with van der Waals surface area (Å²) in [6, 6.07) is 3.45. The van der Waals surface area contributed by atoms with Crippen LogP contribution in [0.4, 0.5) is 5.69 Å². The summed E-state index contributed by atoms with van der Waals surface area (Å²) in [6.45, 7) is 0. The molecule has 0 aromatic carbocycles. The fraction of sp³-hybridized carbons (Fsp3) is 0.533. The van der Waals surface area contributed by atoms with Crippen LogP contribution in [-0.2, 0) is 9.59 Å². The normalized spacial score (nSPS) is 15.6. The van der Waals surface area contributed by atoms with Crippen molar-refractivity contribution in [1.82, 2.24) is 10.4 Å². The number of anilines is 1. The highest BCUT2D eigenvalue weighted by molar-refractivity contribution is 5.84. The molecule has 1 aromatic rings. The van der Waals surface area contributed by atoms with E-state index in [1.165, 1.54) is 43.3 Å². The largest absolute Gasteiger partial charge is 0.276 e. The van der Waals surface area contributed by atoms with Crippen LogP contribution in [0.2, 0.25) is 0 Å². The molecule has 0 bridgehead atoms. The van der Waals surface area contributed by atoms with Crippen molar-refractivity contribution < 1.29 is 9.59 Å². The van der Waals surface area contributed by atoms with Gasteiger partial charge in [-0.15, -0.1) is 0 Å². The number of nitrogens with one attached hydrogen (secondary N) is 1. The van der Waals surface area contributed by atoms with E-state index in [1.54, 1.807) is 18.3 Å². The molecule has 0 spiro atoms. The van der Waals surface area contributed by atoms with Gasteiger partial charge in [0.05, 0.1) is 11.9 Å². The minimum Gasteiger partial charge on any atom is -0.276 e. The maximum Gasteiger partial charge on any atom is 0.238 e. The van der Waals surface area contributed by atoms with Crippen LogP contribution in [-0.4, -0.2) is 17.3 Å². The van der Waals surface area contributed by atoms with Crippen LogP contribution in [0.5, 0.6) is 0 Å². The predicted octanol–water partition coefficient (Wildman–Crippen LogP) is 2.44. The highest BCUT2D eigenvalue weighted by Crippen LogP contribution is 2.27. The van der Waals surface area contributed by atoms with E-state index in [-0.39, 0.29) is 5.91 Å². The van der Waals surface area contributed by atoms with Crippen molar-refractivity contribution in [3.8, 4) is 0 Å². The second-order valence-corrected chi connectivity index (χ2v) is 5.26. The zero-order valence-corrected chi connectivity index (χ0v) is 11.6. The van der Waals surface area contributed by atoms with Gasteiger partial charge in [0.25, 0.3) is 0 Å². The molecule has 1 aliphatic carbocycles. The average Bonchev–Trinajstić information content (AvgIpc) is 2.52. The SMILES string of the molecule is O=CN(NC(=O)CCC1CCCCC1)c1cccnc1. The third kappa shape index (κ3) is 4.33. The van der Waals surface area contributed by atoms with E-state index < -0.39 is 0 Å². The summed E-state index contributed by atoms with van der Waals surface area (Å²) in [5, 5.41) is 1.18. The summed E-state index contributed by atoms with van der Waals surface area (Å²) < 4.78 is 0. The second kappa shape index (κ2) is 7.62. The Hall–Kier alpha value is -1.91. The van der Waals surface area contributed by atoms with Crippen LogP contribution in [0.25, 0.3) is 0 Å². The maximum atomic E-state index is 11.9. The van der Waals surface area contributed by atoms with E-state index in [9.17, 15) is 9.59 Å². The van der Waals surface area contributed by atoms with Crippen LogP contribution >= 0.6 is 0 Å². The number of carbonyl (C=O) groups is 2. The van der Waals surface area contributed by atoms with Crippen LogP contribution in [0.3, 0.4) is 0 Å². The molecule has 108 valence electrons. The number of nitrogens with zero attached hydrogens (tertiary/aromatic N) is 2. The lowest BCUT2D eigenvalue weighted by Crippen LogP contribution is -2.41. The molecule has 5 nitrogen and oxygen atoms in total. The minimum atomic E-state index is -0.119. The molecule has 20 heavy (non-hydrogen) atoms. The standard InChI is InChI=1S/C15H21N3O2/c19-12-18(14-7-4-10-16-11-14)17-15(20)9-8-13-5-2-1-3-6-13/h4,7,10-13H,1-3,5-6,8-9H2,(H,17,20). The van der Waals surface area contributed by atoms with Crippen LogP contribution < -0.4 is 10.4 Å². The van der Waals surface area contributed by atoms with Crippen LogP contribution in [0, 0.1) is 5.92 Å². The molecule has 1 saturated carbocycles. The Kier molecular flexibility index (Phi) is 5.53. The fourth-order valence-electron chi connectivity index (χ4n) is 2.65. The first kappa shape index (κ1) is 14.5. The van der Waals surface area contributed by atoms with Crippen molar-refractivity contribution in [2.24, 2.45) is 5.92 Å². The molecule has 1 aliphatic rings. The predicted molar refractivity (Wildman–Crippen MR) is 76.7 cm³/mol. The molecule has 5 heteroatoms. The van der Waals surface area contributed by atoms with Crippen LogP contribution in [0.15, 0.2) is 24.5 Å². The lowest BCUT2D eigenvalue weighted by Gasteiger charge is -2.22. The monoisotopic (exact) mass is 275 g/mol. The van der Waals surface area contributed by atoms with Crippen molar-refractivity contribution >= 4 is 18.0 Å². The fourth-order valence-corrected chi connectivity index (χ4v) is 2.65. The van der Waals surface area contributed by atoms with Crippen molar-refractivity contribution in [3.05, 3.63) is 24.5 Å². The maximum absolute atomic E-state index is 11.9. The van der Waals surface area contributed by atoms with Gasteiger partial charge in [0.1, 0.15) is 0 Å². The number of amides is 2. The number of rotatable bonds is 6. The number of carbonyl (C=O) groups excluding carboxylic acids is 2. The van der Waals surface area contributed by atoms with E-state index in [4.69, 9.17) is 0 Å². The molecule has 0 saturated heterocycles. The topological polar surface area (TPSA) is 62.3 Å². The molecule has 0 atom stereocenters. The van der Waals surface area contributed by atoms with Crippen LogP contribution in [0.1, 0.15) is 44.9 Å². The Bertz CT molecular complexity index is 430. The molecular weight excluding hydrogens is 254 g/mol. The smallest absolute Gasteiger partial charge is 0.238 e. The van der Waals surface area contributed by atoms with Gasteiger partial charge in [-0.25, -0.2) is 5.01 Å². The summed E-state index contributed by atoms with van der Waals surface area (Å²) in [7, 11) is 0. The summed E-state index contributed by atoms with van der Waals surface area (Å²) in [5.41, 5.74) is 3.17. The van der Waals surface area contributed by atoms with Gasteiger partial charge in [-0.05, 0) is 24.5 Å². The van der Waals surface area contributed by atoms with Crippen molar-refractivity contribution in [2.45, 2.75) is 44.9 Å². The Morgan fingerprint density at radius 3 is 2.85 bits per heavy atom. The minimum absolute atomic E-state index is 0.119. The van der Waals surface area contributed by atoms with Gasteiger partial charge >= 0.3 is 0 Å². The Balaban J connectivity index is 1.79. The summed E-state index contributed by atoms with van der Waals surface area (Å²) in [4.78, 5) is 26.9. The molecule has 1 fully saturated rings. The molecule has 1 aromatic heterocycles. The van der Waals surface area contributed by atoms with Gasteiger partial charge in [-0.3, -0.25) is 20.0 Å². The lowest BCUT2D eigenvalue weighted by molar-refractivity contribution is -0.123. The Morgan fingerprint density at radius 2 is 2.20 bits per heavy atom. The van der Waals surface area contributed by atoms with E-state index >= 15 is 0 Å². The zero-order chi connectivity index (χ0) is 14.2. The molecule has 0 radical (unpaired) electrons. The molecule has 2 amide bonds. The van der Waals surface area contributed by atoms with E-state index in [0.717, 1.165) is 6.42 Å². The van der Waals surface area contributed by atoms with Crippen molar-refractivity contribution in [3.63, 3.8) is 0 Å². The van der Waals surface area contributed by atoms with Gasteiger partial charge in [0, 0.05) is 12.6 Å². The van der Waals surface area contributed by atoms with Gasteiger partial charge in [0.15, 0.2) is 0 Å². The van der Waals surface area contributed by atoms with E-state index in [2.05, 4.69) is 10.4 Å². The van der Waals surface area contributed by atoms with E-state index in [0.29, 0.717) is 24.4 Å². The summed E-state index contributed by atoms with van der Waals surface area (Å²) >= 11 is 0. The third-order valence-electron chi connectivity index (χ3n) is 3.78. The van der Waals surface area contributed by atoms with Gasteiger partial charge in [0.2, 0.25) is 12.3 Å².